The fourth-order valence-corrected chi connectivity index (χ4v) is 4.89. The first kappa shape index (κ1) is 20.9. The first-order valence-electron chi connectivity index (χ1n) is 10.6. The van der Waals surface area contributed by atoms with Crippen LogP contribution in [0.15, 0.2) is 18.2 Å². The molecule has 0 radical (unpaired) electrons. The smallest absolute Gasteiger partial charge is 0.414 e. The summed E-state index contributed by atoms with van der Waals surface area (Å²) in [4.78, 5) is 29.0. The van der Waals surface area contributed by atoms with Crippen molar-refractivity contribution in [1.29, 1.82) is 0 Å². The average molecular weight is 420 g/mol. The summed E-state index contributed by atoms with van der Waals surface area (Å²) in [7, 11) is 0. The van der Waals surface area contributed by atoms with Crippen molar-refractivity contribution in [2.24, 2.45) is 5.92 Å². The molecule has 1 aromatic rings. The molecule has 8 nitrogen and oxygen atoms in total. The third-order valence-electron chi connectivity index (χ3n) is 6.32. The Balaban J connectivity index is 1.44. The molecule has 0 aromatic heterocycles. The highest BCUT2D eigenvalue weighted by molar-refractivity contribution is 5.90. The van der Waals surface area contributed by atoms with Crippen molar-refractivity contribution in [1.82, 2.24) is 10.2 Å². The zero-order valence-corrected chi connectivity index (χ0v) is 17.2. The van der Waals surface area contributed by atoms with Crippen LogP contribution in [-0.2, 0) is 9.53 Å². The van der Waals surface area contributed by atoms with Crippen LogP contribution in [-0.4, -0.2) is 80.0 Å². The molecule has 2 N–H and O–H groups in total. The topological polar surface area (TPSA) is 85.4 Å². The summed E-state index contributed by atoms with van der Waals surface area (Å²) < 4.78 is 20.3. The first-order chi connectivity index (χ1) is 14.5. The van der Waals surface area contributed by atoms with Crippen molar-refractivity contribution in [2.75, 3.05) is 55.7 Å². The van der Waals surface area contributed by atoms with Gasteiger partial charge in [0, 0.05) is 32.6 Å². The predicted molar refractivity (Wildman–Crippen MR) is 110 cm³/mol. The third kappa shape index (κ3) is 4.22. The Kier molecular flexibility index (Phi) is 6.10. The summed E-state index contributed by atoms with van der Waals surface area (Å²) in [6.07, 6.45) is 1.23. The lowest BCUT2D eigenvalue weighted by molar-refractivity contribution is -0.119. The van der Waals surface area contributed by atoms with Crippen LogP contribution in [0, 0.1) is 11.7 Å². The van der Waals surface area contributed by atoms with Gasteiger partial charge in [-0.25, -0.2) is 9.18 Å². The molecule has 3 atom stereocenters. The molecule has 0 spiro atoms. The summed E-state index contributed by atoms with van der Waals surface area (Å²) in [5.41, 5.74) is 0.990. The van der Waals surface area contributed by atoms with Gasteiger partial charge in [-0.3, -0.25) is 14.6 Å². The standard InChI is InChI=1S/C21H29FN4O4/c1-14(28)23-10-17-12-26(21(29)30-17)16-4-5-19(18(22)9-16)25-11-15-3-2-6-24(7-8-27)20(15)13-25/h4-5,9,15,17,20,27H,2-3,6-8,10-13H2,1H3,(H,23,28). The van der Waals surface area contributed by atoms with Gasteiger partial charge in [0.2, 0.25) is 5.91 Å². The van der Waals surface area contributed by atoms with Crippen LogP contribution in [0.3, 0.4) is 0 Å². The van der Waals surface area contributed by atoms with Gasteiger partial charge in [0.15, 0.2) is 0 Å². The van der Waals surface area contributed by atoms with Crippen LogP contribution >= 0.6 is 0 Å². The number of hydrogen-bond donors (Lipinski definition) is 2. The number of piperidine rings is 1. The van der Waals surface area contributed by atoms with Gasteiger partial charge < -0.3 is 20.1 Å². The lowest BCUT2D eigenvalue weighted by atomic mass is 9.92. The number of ether oxygens (including phenoxy) is 1. The van der Waals surface area contributed by atoms with E-state index in [1.807, 2.05) is 0 Å². The SMILES string of the molecule is CC(=O)NCC1CN(c2ccc(N3CC4CCCN(CCO)C4C3)c(F)c2)C(=O)O1. The Labute approximate surface area is 175 Å². The van der Waals surface area contributed by atoms with Crippen LogP contribution in [0.25, 0.3) is 0 Å². The van der Waals surface area contributed by atoms with Crippen LogP contribution in [0.4, 0.5) is 20.6 Å². The second kappa shape index (κ2) is 8.77. The van der Waals surface area contributed by atoms with E-state index in [-0.39, 0.29) is 31.4 Å². The number of rotatable bonds is 6. The molecular weight excluding hydrogens is 391 g/mol. The number of likely N-dealkylation sites (tertiary alicyclic amines) is 1. The number of benzene rings is 1. The maximum Gasteiger partial charge on any atom is 0.414 e. The molecule has 0 aliphatic carbocycles. The maximum atomic E-state index is 15.0. The molecule has 3 unspecified atom stereocenters. The number of hydrogen-bond acceptors (Lipinski definition) is 6. The van der Waals surface area contributed by atoms with Gasteiger partial charge in [-0.15, -0.1) is 0 Å². The number of aliphatic hydroxyl groups is 1. The number of nitrogens with zero attached hydrogens (tertiary/aromatic N) is 3. The minimum Gasteiger partial charge on any atom is -0.442 e. The van der Waals surface area contributed by atoms with E-state index in [1.165, 1.54) is 17.9 Å². The van der Waals surface area contributed by atoms with E-state index in [1.54, 1.807) is 12.1 Å². The summed E-state index contributed by atoms with van der Waals surface area (Å²) in [6, 6.07) is 5.19. The largest absolute Gasteiger partial charge is 0.442 e. The molecule has 2 amide bonds. The Morgan fingerprint density at radius 1 is 1.33 bits per heavy atom. The number of β-amino-alcohol motifs (C(OH)–C–C–N with tert-alkyl or cyclic N) is 1. The zero-order valence-electron chi connectivity index (χ0n) is 17.2. The number of cyclic esters (lactones) is 1. The quantitative estimate of drug-likeness (QED) is 0.719. The number of anilines is 2. The number of amides is 2. The molecular formula is C21H29FN4O4. The van der Waals surface area contributed by atoms with E-state index in [9.17, 15) is 14.7 Å². The fraction of sp³-hybridized carbons (Fsp3) is 0.619. The van der Waals surface area contributed by atoms with Crippen LogP contribution < -0.4 is 15.1 Å². The molecule has 3 fully saturated rings. The van der Waals surface area contributed by atoms with Gasteiger partial charge in [-0.2, -0.15) is 0 Å². The maximum absolute atomic E-state index is 15.0. The minimum atomic E-state index is -0.538. The van der Waals surface area contributed by atoms with Gasteiger partial charge >= 0.3 is 6.09 Å². The van der Waals surface area contributed by atoms with E-state index < -0.39 is 12.2 Å². The van der Waals surface area contributed by atoms with Gasteiger partial charge in [0.05, 0.1) is 31.1 Å². The molecule has 0 bridgehead atoms. The number of carbonyl (C=O) groups excluding carboxylic acids is 2. The Hall–Kier alpha value is -2.39. The van der Waals surface area contributed by atoms with Crippen molar-refractivity contribution in [3.63, 3.8) is 0 Å². The highest BCUT2D eigenvalue weighted by Gasteiger charge is 2.39. The summed E-state index contributed by atoms with van der Waals surface area (Å²) in [6.45, 7) is 5.22. The zero-order chi connectivity index (χ0) is 21.3. The van der Waals surface area contributed by atoms with Crippen molar-refractivity contribution in [3.05, 3.63) is 24.0 Å². The summed E-state index contributed by atoms with van der Waals surface area (Å²) in [5, 5.41) is 12.0. The monoisotopic (exact) mass is 420 g/mol. The first-order valence-corrected chi connectivity index (χ1v) is 10.6. The predicted octanol–water partition coefficient (Wildman–Crippen LogP) is 1.18. The molecule has 3 aliphatic heterocycles. The molecule has 0 saturated carbocycles. The lowest BCUT2D eigenvalue weighted by Crippen LogP contribution is -2.46. The second-order valence-corrected chi connectivity index (χ2v) is 8.32. The number of fused-ring (bicyclic) bond motifs is 1. The van der Waals surface area contributed by atoms with Crippen LogP contribution in [0.5, 0.6) is 0 Å². The van der Waals surface area contributed by atoms with Gasteiger partial charge in [-0.05, 0) is 43.5 Å². The molecule has 4 rings (SSSR count). The Morgan fingerprint density at radius 3 is 2.90 bits per heavy atom. The van der Waals surface area contributed by atoms with Gasteiger partial charge in [0.1, 0.15) is 11.9 Å². The molecule has 9 heteroatoms. The van der Waals surface area contributed by atoms with E-state index in [4.69, 9.17) is 4.74 Å². The minimum absolute atomic E-state index is 0.140. The van der Waals surface area contributed by atoms with Crippen molar-refractivity contribution in [3.8, 4) is 0 Å². The highest BCUT2D eigenvalue weighted by atomic mass is 19.1. The summed E-state index contributed by atoms with van der Waals surface area (Å²) >= 11 is 0. The van der Waals surface area contributed by atoms with Gasteiger partial charge in [0.25, 0.3) is 0 Å². The second-order valence-electron chi connectivity index (χ2n) is 8.32. The average Bonchev–Trinajstić information content (AvgIpc) is 3.30. The van der Waals surface area contributed by atoms with E-state index in [2.05, 4.69) is 15.1 Å². The fourth-order valence-electron chi connectivity index (χ4n) is 4.89. The van der Waals surface area contributed by atoms with Gasteiger partial charge in [-0.1, -0.05) is 0 Å². The lowest BCUT2D eigenvalue weighted by Gasteiger charge is -2.36. The Morgan fingerprint density at radius 2 is 2.17 bits per heavy atom. The molecule has 1 aromatic carbocycles. The van der Waals surface area contributed by atoms with E-state index in [0.29, 0.717) is 29.9 Å². The molecule has 164 valence electrons. The molecule has 3 heterocycles. The number of aliphatic hydroxyl groups excluding tert-OH is 1. The van der Waals surface area contributed by atoms with Crippen LogP contribution in [0.1, 0.15) is 19.8 Å². The van der Waals surface area contributed by atoms with Crippen molar-refractivity contribution in [2.45, 2.75) is 31.9 Å². The number of halogens is 1. The summed E-state index contributed by atoms with van der Waals surface area (Å²) in [5.74, 6) is -0.0749. The highest BCUT2D eigenvalue weighted by Crippen LogP contribution is 2.35. The molecule has 30 heavy (non-hydrogen) atoms. The molecule has 3 aliphatic rings. The van der Waals surface area contributed by atoms with E-state index in [0.717, 1.165) is 32.5 Å². The van der Waals surface area contributed by atoms with Crippen LogP contribution in [0.2, 0.25) is 0 Å². The normalized spacial score (nSPS) is 26.6. The number of nitrogens with one attached hydrogen (secondary N) is 1. The third-order valence-corrected chi connectivity index (χ3v) is 6.32. The number of carbonyl (C=O) groups is 2. The van der Waals surface area contributed by atoms with Crippen molar-refractivity contribution < 1.29 is 23.8 Å². The van der Waals surface area contributed by atoms with Crippen molar-refractivity contribution >= 4 is 23.4 Å². The van der Waals surface area contributed by atoms with E-state index >= 15 is 4.39 Å². The Bertz CT molecular complexity index is 805. The molecule has 3 saturated heterocycles.